The zero-order valence-corrected chi connectivity index (χ0v) is 12.4. The fraction of sp³-hybridized carbons (Fsp3) is 0.125. The highest BCUT2D eigenvalue weighted by atomic mass is 16.5. The third kappa shape index (κ3) is 3.52. The first-order valence-corrected chi connectivity index (χ1v) is 6.91. The smallest absolute Gasteiger partial charge is 0.309 e. The summed E-state index contributed by atoms with van der Waals surface area (Å²) in [6, 6.07) is 10.8. The van der Waals surface area contributed by atoms with Gasteiger partial charge in [0.2, 0.25) is 5.89 Å². The van der Waals surface area contributed by atoms with Crippen molar-refractivity contribution < 1.29 is 13.9 Å². The molecule has 0 unspecified atom stereocenters. The van der Waals surface area contributed by atoms with Gasteiger partial charge in [-0.05, 0) is 29.8 Å². The molecule has 1 N–H and O–H groups in total. The Morgan fingerprint density at radius 3 is 2.96 bits per heavy atom. The van der Waals surface area contributed by atoms with Crippen LogP contribution in [0.4, 0.5) is 0 Å². The number of hydrogen-bond donors (Lipinski definition) is 1. The Labute approximate surface area is 132 Å². The van der Waals surface area contributed by atoms with Crippen molar-refractivity contribution in [3.05, 3.63) is 60.2 Å². The number of methoxy groups -OCH3 is 1. The molecule has 116 valence electrons. The Bertz CT molecular complexity index is 802. The number of carbonyl (C=O) groups is 1. The monoisotopic (exact) mass is 310 g/mol. The van der Waals surface area contributed by atoms with Gasteiger partial charge in [0, 0.05) is 24.5 Å². The van der Waals surface area contributed by atoms with Gasteiger partial charge in [-0.25, -0.2) is 0 Å². The number of nitrogens with one attached hydrogen (secondary N) is 1. The van der Waals surface area contributed by atoms with E-state index in [-0.39, 0.29) is 11.8 Å². The summed E-state index contributed by atoms with van der Waals surface area (Å²) in [4.78, 5) is 16.0. The molecule has 7 nitrogen and oxygen atoms in total. The molecule has 0 fully saturated rings. The number of benzene rings is 1. The summed E-state index contributed by atoms with van der Waals surface area (Å²) in [7, 11) is 1.57. The highest BCUT2D eigenvalue weighted by Gasteiger charge is 2.15. The zero-order valence-electron chi connectivity index (χ0n) is 12.4. The van der Waals surface area contributed by atoms with Gasteiger partial charge in [0.05, 0.1) is 7.11 Å². The van der Waals surface area contributed by atoms with Crippen molar-refractivity contribution in [2.24, 2.45) is 0 Å². The number of pyridine rings is 1. The molecule has 1 aromatic carbocycles. The van der Waals surface area contributed by atoms with E-state index in [0.717, 1.165) is 5.56 Å². The van der Waals surface area contributed by atoms with Crippen LogP contribution in [0.25, 0.3) is 11.5 Å². The molecule has 0 aliphatic carbocycles. The molecule has 2 aromatic heterocycles. The number of carbonyl (C=O) groups excluding carboxylic acids is 1. The SMILES string of the molecule is COc1cccc(-c2nnc(C(=O)NCc3cccnc3)o2)c1. The van der Waals surface area contributed by atoms with Gasteiger partial charge >= 0.3 is 11.8 Å². The second kappa shape index (κ2) is 6.69. The third-order valence-corrected chi connectivity index (χ3v) is 3.11. The summed E-state index contributed by atoms with van der Waals surface area (Å²) in [5.74, 6) is 0.404. The van der Waals surface area contributed by atoms with Gasteiger partial charge in [-0.1, -0.05) is 12.1 Å². The van der Waals surface area contributed by atoms with Crippen LogP contribution in [0, 0.1) is 0 Å². The van der Waals surface area contributed by atoms with Gasteiger partial charge in [-0.3, -0.25) is 9.78 Å². The number of amides is 1. The first kappa shape index (κ1) is 14.7. The first-order valence-electron chi connectivity index (χ1n) is 6.91. The minimum Gasteiger partial charge on any atom is -0.497 e. The lowest BCUT2D eigenvalue weighted by Gasteiger charge is -2.01. The van der Waals surface area contributed by atoms with E-state index < -0.39 is 5.91 Å². The van der Waals surface area contributed by atoms with Gasteiger partial charge < -0.3 is 14.5 Å². The zero-order chi connectivity index (χ0) is 16.1. The lowest BCUT2D eigenvalue weighted by atomic mass is 10.2. The standard InChI is InChI=1S/C16H14N4O3/c1-22-13-6-2-5-12(8-13)15-19-20-16(23-15)14(21)18-10-11-4-3-7-17-9-11/h2-9H,10H2,1H3,(H,18,21). The van der Waals surface area contributed by atoms with E-state index in [0.29, 0.717) is 17.9 Å². The predicted molar refractivity (Wildman–Crippen MR) is 81.7 cm³/mol. The normalized spacial score (nSPS) is 10.3. The van der Waals surface area contributed by atoms with Crippen molar-refractivity contribution in [1.29, 1.82) is 0 Å². The average Bonchev–Trinajstić information content (AvgIpc) is 3.11. The Balaban J connectivity index is 1.69. The number of rotatable bonds is 5. The van der Waals surface area contributed by atoms with Crippen LogP contribution >= 0.6 is 0 Å². The number of ether oxygens (including phenoxy) is 1. The van der Waals surface area contributed by atoms with Gasteiger partial charge in [0.1, 0.15) is 5.75 Å². The largest absolute Gasteiger partial charge is 0.497 e. The molecule has 0 spiro atoms. The molecule has 1 amide bonds. The Morgan fingerprint density at radius 1 is 1.26 bits per heavy atom. The molecule has 3 aromatic rings. The minimum atomic E-state index is -0.435. The van der Waals surface area contributed by atoms with Crippen molar-refractivity contribution in [3.8, 4) is 17.2 Å². The summed E-state index contributed by atoms with van der Waals surface area (Å²) < 4.78 is 10.6. The molecular weight excluding hydrogens is 296 g/mol. The van der Waals surface area contributed by atoms with Crippen molar-refractivity contribution in [2.75, 3.05) is 7.11 Å². The van der Waals surface area contributed by atoms with Crippen molar-refractivity contribution in [2.45, 2.75) is 6.54 Å². The van der Waals surface area contributed by atoms with Gasteiger partial charge in [-0.15, -0.1) is 10.2 Å². The van der Waals surface area contributed by atoms with Crippen LogP contribution in [0.2, 0.25) is 0 Å². The molecule has 0 aliphatic rings. The minimum absolute atomic E-state index is 0.0910. The fourth-order valence-corrected chi connectivity index (χ4v) is 1.95. The lowest BCUT2D eigenvalue weighted by molar-refractivity contribution is 0.0917. The van der Waals surface area contributed by atoms with E-state index in [4.69, 9.17) is 9.15 Å². The topological polar surface area (TPSA) is 90.1 Å². The number of aromatic nitrogens is 3. The molecule has 2 heterocycles. The van der Waals surface area contributed by atoms with Crippen LogP contribution < -0.4 is 10.1 Å². The number of hydrogen-bond acceptors (Lipinski definition) is 6. The summed E-state index contributed by atoms with van der Waals surface area (Å²) >= 11 is 0. The quantitative estimate of drug-likeness (QED) is 0.776. The van der Waals surface area contributed by atoms with Crippen molar-refractivity contribution in [1.82, 2.24) is 20.5 Å². The molecule has 0 bridgehead atoms. The molecular formula is C16H14N4O3. The van der Waals surface area contributed by atoms with E-state index in [2.05, 4.69) is 20.5 Å². The fourth-order valence-electron chi connectivity index (χ4n) is 1.95. The van der Waals surface area contributed by atoms with Crippen molar-refractivity contribution >= 4 is 5.91 Å². The van der Waals surface area contributed by atoms with Crippen LogP contribution in [-0.4, -0.2) is 28.2 Å². The number of nitrogens with zero attached hydrogens (tertiary/aromatic N) is 3. The molecule has 0 saturated carbocycles. The highest BCUT2D eigenvalue weighted by Crippen LogP contribution is 2.22. The molecule has 7 heteroatoms. The molecule has 0 atom stereocenters. The first-order chi connectivity index (χ1) is 11.3. The van der Waals surface area contributed by atoms with E-state index in [1.165, 1.54) is 0 Å². The molecule has 0 saturated heterocycles. The van der Waals surface area contributed by atoms with Crippen LogP contribution in [-0.2, 0) is 6.54 Å². The highest BCUT2D eigenvalue weighted by molar-refractivity contribution is 5.89. The average molecular weight is 310 g/mol. The molecule has 0 radical (unpaired) electrons. The van der Waals surface area contributed by atoms with Gasteiger partial charge in [0.15, 0.2) is 0 Å². The Kier molecular flexibility index (Phi) is 4.28. The second-order valence-electron chi connectivity index (χ2n) is 4.69. The molecule has 3 rings (SSSR count). The Morgan fingerprint density at radius 2 is 2.17 bits per heavy atom. The van der Waals surface area contributed by atoms with E-state index in [1.54, 1.807) is 49.8 Å². The third-order valence-electron chi connectivity index (χ3n) is 3.11. The maximum absolute atomic E-state index is 12.0. The Hall–Kier alpha value is -3.22. The van der Waals surface area contributed by atoms with Gasteiger partial charge in [0.25, 0.3) is 0 Å². The summed E-state index contributed by atoms with van der Waals surface area (Å²) in [5, 5.41) is 10.4. The van der Waals surface area contributed by atoms with E-state index in [9.17, 15) is 4.79 Å². The summed E-state index contributed by atoms with van der Waals surface area (Å²) in [6.45, 7) is 0.337. The summed E-state index contributed by atoms with van der Waals surface area (Å²) in [6.07, 6.45) is 3.35. The van der Waals surface area contributed by atoms with E-state index in [1.807, 2.05) is 6.07 Å². The van der Waals surface area contributed by atoms with Crippen LogP contribution in [0.1, 0.15) is 16.2 Å². The maximum Gasteiger partial charge on any atom is 0.309 e. The summed E-state index contributed by atoms with van der Waals surface area (Å²) in [5.41, 5.74) is 1.57. The van der Waals surface area contributed by atoms with Crippen LogP contribution in [0.5, 0.6) is 5.75 Å². The van der Waals surface area contributed by atoms with Crippen LogP contribution in [0.3, 0.4) is 0 Å². The second-order valence-corrected chi connectivity index (χ2v) is 4.69. The van der Waals surface area contributed by atoms with E-state index >= 15 is 0 Å². The van der Waals surface area contributed by atoms with Crippen LogP contribution in [0.15, 0.2) is 53.2 Å². The van der Waals surface area contributed by atoms with Crippen molar-refractivity contribution in [3.63, 3.8) is 0 Å². The molecule has 23 heavy (non-hydrogen) atoms. The maximum atomic E-state index is 12.0. The van der Waals surface area contributed by atoms with Gasteiger partial charge in [-0.2, -0.15) is 0 Å². The lowest BCUT2D eigenvalue weighted by Crippen LogP contribution is -2.23. The predicted octanol–water partition coefficient (Wildman–Crippen LogP) is 2.07. The molecule has 0 aliphatic heterocycles.